The largest absolute Gasteiger partial charge is 0.454 e. The van der Waals surface area contributed by atoms with E-state index in [1.165, 1.54) is 23.1 Å². The number of amides is 2. The number of Topliss-reactive ketones (excluding diaryl/α,β-unsaturated/α-hetero) is 1. The van der Waals surface area contributed by atoms with Crippen molar-refractivity contribution in [3.63, 3.8) is 0 Å². The molecule has 4 aromatic rings. The Hall–Kier alpha value is -5.03. The highest BCUT2D eigenvalue weighted by atomic mass is 79.9. The number of nitro groups is 1. The molecule has 1 saturated heterocycles. The Morgan fingerprint density at radius 2 is 1.65 bits per heavy atom. The summed E-state index contributed by atoms with van der Waals surface area (Å²) in [5.74, 6) is -0.855. The Balaban J connectivity index is 1.09. The SMILES string of the molecule is CCc1cc(Br)cc2c(C(=O)OCC(=O)c3ccc(C)c([N+](=O)[O-])c3)cc(-c3ccc(N4C(=O)C5C6C=CC(C7CC67)C5C4=O)cc3)nc12. The third-order valence-corrected chi connectivity index (χ3v) is 11.2. The number of hydrogen-bond donors (Lipinski definition) is 0. The van der Waals surface area contributed by atoms with E-state index in [9.17, 15) is 29.3 Å². The summed E-state index contributed by atoms with van der Waals surface area (Å²) in [6.07, 6.45) is 6.03. The summed E-state index contributed by atoms with van der Waals surface area (Å²) < 4.78 is 6.23. The van der Waals surface area contributed by atoms with Crippen molar-refractivity contribution in [1.82, 2.24) is 4.98 Å². The third kappa shape index (κ3) is 5.01. The van der Waals surface area contributed by atoms with Crippen molar-refractivity contribution in [1.29, 1.82) is 0 Å². The van der Waals surface area contributed by atoms with Crippen molar-refractivity contribution in [2.75, 3.05) is 11.5 Å². The van der Waals surface area contributed by atoms with Gasteiger partial charge in [-0.2, -0.15) is 0 Å². The summed E-state index contributed by atoms with van der Waals surface area (Å²) in [5.41, 5.74) is 3.60. The van der Waals surface area contributed by atoms with Gasteiger partial charge in [0.25, 0.3) is 5.69 Å². The predicted molar refractivity (Wildman–Crippen MR) is 184 cm³/mol. The molecular formula is C38H30BrN3O7. The number of fused-ring (bicyclic) bond motifs is 1. The average Bonchev–Trinajstić information content (AvgIpc) is 3.88. The third-order valence-electron chi connectivity index (χ3n) is 10.7. The zero-order valence-corrected chi connectivity index (χ0v) is 28.2. The number of hydrogen-bond acceptors (Lipinski definition) is 8. The van der Waals surface area contributed by atoms with Crippen LogP contribution in [0.25, 0.3) is 22.2 Å². The van der Waals surface area contributed by atoms with Gasteiger partial charge in [0.1, 0.15) is 0 Å². The number of nitrogens with zero attached hydrogens (tertiary/aromatic N) is 3. The molecular weight excluding hydrogens is 690 g/mol. The molecule has 2 bridgehead atoms. The highest BCUT2D eigenvalue weighted by Gasteiger charge is 2.67. The number of imide groups is 1. The molecule has 246 valence electrons. The fraction of sp³-hybridized carbons (Fsp3) is 0.289. The van der Waals surface area contributed by atoms with E-state index in [-0.39, 0.29) is 52.3 Å². The maximum atomic E-state index is 13.6. The van der Waals surface area contributed by atoms with Gasteiger partial charge >= 0.3 is 5.97 Å². The molecule has 4 aliphatic carbocycles. The smallest absolute Gasteiger partial charge is 0.339 e. The minimum absolute atomic E-state index is 0.0661. The van der Waals surface area contributed by atoms with E-state index < -0.39 is 23.3 Å². The first-order valence-corrected chi connectivity index (χ1v) is 17.1. The number of aromatic nitrogens is 1. The second-order valence-electron chi connectivity index (χ2n) is 13.3. The maximum absolute atomic E-state index is 13.6. The number of carbonyl (C=O) groups is 4. The standard InChI is InChI=1S/C38H30BrN3O7/c1-3-19-12-22(39)14-28-29(38(46)49-17-32(43)21-5-4-18(2)31(13-21)42(47)48)16-30(40-35(19)28)20-6-8-23(9-7-20)41-36(44)33-24-10-11-25(27-15-26(24)27)34(33)37(41)45/h4-14,16,24-27,33-34H,3,15,17H2,1-2H3. The minimum atomic E-state index is -0.752. The van der Waals surface area contributed by atoms with Gasteiger partial charge < -0.3 is 4.74 Å². The molecule has 2 saturated carbocycles. The van der Waals surface area contributed by atoms with Crippen LogP contribution in [0.1, 0.15) is 45.2 Å². The number of nitro benzene ring substituents is 1. The van der Waals surface area contributed by atoms with Crippen LogP contribution in [0.3, 0.4) is 0 Å². The Bertz CT molecular complexity index is 2140. The van der Waals surface area contributed by atoms with Gasteiger partial charge in [-0.15, -0.1) is 0 Å². The molecule has 2 heterocycles. The Morgan fingerprint density at radius 1 is 0.980 bits per heavy atom. The van der Waals surface area contributed by atoms with Crippen LogP contribution in [-0.4, -0.2) is 40.1 Å². The molecule has 11 heteroatoms. The highest BCUT2D eigenvalue weighted by Crippen LogP contribution is 2.65. The first-order chi connectivity index (χ1) is 23.5. The van der Waals surface area contributed by atoms with Crippen molar-refractivity contribution in [3.8, 4) is 11.3 Å². The lowest BCUT2D eigenvalue weighted by Gasteiger charge is -2.37. The molecule has 1 aromatic heterocycles. The maximum Gasteiger partial charge on any atom is 0.339 e. The first kappa shape index (κ1) is 31.3. The molecule has 0 radical (unpaired) electrons. The zero-order valence-electron chi connectivity index (χ0n) is 26.6. The number of rotatable bonds is 8. The number of halogens is 1. The van der Waals surface area contributed by atoms with Crippen LogP contribution in [0.5, 0.6) is 0 Å². The van der Waals surface area contributed by atoms with Crippen LogP contribution in [0.15, 0.2) is 77.3 Å². The molecule has 9 rings (SSSR count). The summed E-state index contributed by atoms with van der Waals surface area (Å²) in [6, 6.07) is 16.5. The number of aryl methyl sites for hydroxylation is 2. The summed E-state index contributed by atoms with van der Waals surface area (Å²) >= 11 is 3.52. The Morgan fingerprint density at radius 3 is 2.29 bits per heavy atom. The second-order valence-corrected chi connectivity index (χ2v) is 14.3. The summed E-state index contributed by atoms with van der Waals surface area (Å²) in [5, 5.41) is 11.9. The fourth-order valence-electron chi connectivity index (χ4n) is 8.21. The van der Waals surface area contributed by atoms with Gasteiger partial charge in [0.15, 0.2) is 6.61 Å². The predicted octanol–water partition coefficient (Wildman–Crippen LogP) is 7.04. The molecule has 2 amide bonds. The topological polar surface area (TPSA) is 137 Å². The van der Waals surface area contributed by atoms with Crippen molar-refractivity contribution in [3.05, 3.63) is 110 Å². The number of ether oxygens (including phenoxy) is 1. The van der Waals surface area contributed by atoms with Gasteiger partial charge in [-0.05, 0) is 79.3 Å². The van der Waals surface area contributed by atoms with Crippen LogP contribution in [0.4, 0.5) is 11.4 Å². The number of esters is 1. The van der Waals surface area contributed by atoms with E-state index in [1.807, 2.05) is 13.0 Å². The zero-order chi connectivity index (χ0) is 34.3. The summed E-state index contributed by atoms with van der Waals surface area (Å²) in [4.78, 5) is 70.9. The van der Waals surface area contributed by atoms with E-state index in [4.69, 9.17) is 9.72 Å². The summed E-state index contributed by atoms with van der Waals surface area (Å²) in [6.45, 7) is 2.95. The highest BCUT2D eigenvalue weighted by molar-refractivity contribution is 9.10. The number of benzene rings is 3. The normalized spacial score (nSPS) is 24.6. The molecule has 6 atom stereocenters. The lowest BCUT2D eigenvalue weighted by atomic mass is 9.63. The quantitative estimate of drug-likeness (QED) is 0.0472. The Kier molecular flexibility index (Phi) is 7.36. The molecule has 1 aliphatic heterocycles. The molecule has 5 aliphatic rings. The number of pyridine rings is 1. The number of ketones is 1. The van der Waals surface area contributed by atoms with Gasteiger partial charge in [0.05, 0.1) is 39.2 Å². The number of anilines is 1. The molecule has 3 aromatic carbocycles. The van der Waals surface area contributed by atoms with E-state index in [2.05, 4.69) is 28.1 Å². The van der Waals surface area contributed by atoms with Gasteiger partial charge in [0, 0.05) is 32.6 Å². The molecule has 6 unspecified atom stereocenters. The minimum Gasteiger partial charge on any atom is -0.454 e. The lowest BCUT2D eigenvalue weighted by Crippen LogP contribution is -2.40. The number of carbonyl (C=O) groups excluding carboxylic acids is 4. The molecule has 0 spiro atoms. The lowest BCUT2D eigenvalue weighted by molar-refractivity contribution is -0.385. The van der Waals surface area contributed by atoms with E-state index in [0.29, 0.717) is 51.7 Å². The average molecular weight is 721 g/mol. The van der Waals surface area contributed by atoms with Crippen LogP contribution in [-0.2, 0) is 20.7 Å². The van der Waals surface area contributed by atoms with Gasteiger partial charge in [-0.25, -0.2) is 9.78 Å². The fourth-order valence-corrected chi connectivity index (χ4v) is 8.72. The van der Waals surface area contributed by atoms with E-state index in [0.717, 1.165) is 16.5 Å². The summed E-state index contributed by atoms with van der Waals surface area (Å²) in [7, 11) is 0. The van der Waals surface area contributed by atoms with Crippen LogP contribution in [0, 0.1) is 52.5 Å². The van der Waals surface area contributed by atoms with Gasteiger partial charge in [-0.3, -0.25) is 29.4 Å². The van der Waals surface area contributed by atoms with E-state index >= 15 is 0 Å². The van der Waals surface area contributed by atoms with Crippen LogP contribution < -0.4 is 4.90 Å². The molecule has 10 nitrogen and oxygen atoms in total. The van der Waals surface area contributed by atoms with Crippen molar-refractivity contribution >= 4 is 61.8 Å². The van der Waals surface area contributed by atoms with Crippen molar-refractivity contribution in [2.45, 2.75) is 26.7 Å². The first-order valence-electron chi connectivity index (χ1n) is 16.3. The number of allylic oxidation sites excluding steroid dienone is 2. The molecule has 0 N–H and O–H groups in total. The van der Waals surface area contributed by atoms with E-state index in [1.54, 1.807) is 43.3 Å². The molecule has 49 heavy (non-hydrogen) atoms. The van der Waals surface area contributed by atoms with Crippen LogP contribution >= 0.6 is 15.9 Å². The molecule has 3 fully saturated rings. The second kappa shape index (κ2) is 11.5. The monoisotopic (exact) mass is 719 g/mol. The van der Waals surface area contributed by atoms with Crippen molar-refractivity contribution < 1.29 is 28.8 Å². The Labute approximate surface area is 289 Å². The van der Waals surface area contributed by atoms with Crippen LogP contribution in [0.2, 0.25) is 0 Å². The van der Waals surface area contributed by atoms with Gasteiger partial charge in [-0.1, -0.05) is 59.3 Å². The van der Waals surface area contributed by atoms with Gasteiger partial charge in [0.2, 0.25) is 17.6 Å². The van der Waals surface area contributed by atoms with Crippen molar-refractivity contribution in [2.24, 2.45) is 35.5 Å².